The Bertz CT molecular complexity index is 417. The van der Waals surface area contributed by atoms with Gasteiger partial charge in [-0.15, -0.1) is 0 Å². The molecule has 1 aliphatic rings. The van der Waals surface area contributed by atoms with E-state index in [1.807, 2.05) is 0 Å². The SMILES string of the molecule is CC(C)N1CCO[C@@H](c2ccc([N+](=O)[O-])cc2)C1. The Morgan fingerprint density at radius 3 is 2.61 bits per heavy atom. The fourth-order valence-corrected chi connectivity index (χ4v) is 2.15. The van der Waals surface area contributed by atoms with Gasteiger partial charge in [-0.2, -0.15) is 0 Å². The van der Waals surface area contributed by atoms with Crippen LogP contribution in [0.3, 0.4) is 0 Å². The lowest BCUT2D eigenvalue weighted by Gasteiger charge is -2.35. The molecule has 1 heterocycles. The first-order valence-corrected chi connectivity index (χ1v) is 6.18. The zero-order valence-corrected chi connectivity index (χ0v) is 10.7. The highest BCUT2D eigenvalue weighted by molar-refractivity contribution is 5.34. The molecular weight excluding hydrogens is 232 g/mol. The van der Waals surface area contributed by atoms with E-state index in [-0.39, 0.29) is 16.7 Å². The van der Waals surface area contributed by atoms with Gasteiger partial charge in [-0.25, -0.2) is 0 Å². The number of nitro benzene ring substituents is 1. The smallest absolute Gasteiger partial charge is 0.269 e. The van der Waals surface area contributed by atoms with E-state index < -0.39 is 0 Å². The monoisotopic (exact) mass is 250 g/mol. The number of non-ortho nitro benzene ring substituents is 1. The second-order valence-corrected chi connectivity index (χ2v) is 4.80. The highest BCUT2D eigenvalue weighted by Gasteiger charge is 2.23. The van der Waals surface area contributed by atoms with Crippen LogP contribution in [0, 0.1) is 10.1 Å². The summed E-state index contributed by atoms with van der Waals surface area (Å²) in [7, 11) is 0. The van der Waals surface area contributed by atoms with Crippen molar-refractivity contribution >= 4 is 5.69 Å². The van der Waals surface area contributed by atoms with Crippen molar-refractivity contribution in [2.75, 3.05) is 19.7 Å². The van der Waals surface area contributed by atoms with Crippen LogP contribution in [0.4, 0.5) is 5.69 Å². The number of hydrogen-bond donors (Lipinski definition) is 0. The first-order valence-electron chi connectivity index (χ1n) is 6.18. The lowest BCUT2D eigenvalue weighted by Crippen LogP contribution is -2.42. The van der Waals surface area contributed by atoms with Crippen LogP contribution in [0.15, 0.2) is 24.3 Å². The van der Waals surface area contributed by atoms with Crippen LogP contribution < -0.4 is 0 Å². The highest BCUT2D eigenvalue weighted by atomic mass is 16.6. The molecule has 0 unspecified atom stereocenters. The Kier molecular flexibility index (Phi) is 3.93. The van der Waals surface area contributed by atoms with Gasteiger partial charge in [-0.1, -0.05) is 0 Å². The molecule has 0 amide bonds. The fraction of sp³-hybridized carbons (Fsp3) is 0.538. The molecule has 1 saturated heterocycles. The number of morpholine rings is 1. The summed E-state index contributed by atoms with van der Waals surface area (Å²) in [4.78, 5) is 12.6. The molecule has 1 aromatic rings. The Morgan fingerprint density at radius 1 is 1.39 bits per heavy atom. The molecule has 0 aliphatic carbocycles. The van der Waals surface area contributed by atoms with E-state index in [4.69, 9.17) is 4.74 Å². The van der Waals surface area contributed by atoms with E-state index in [0.717, 1.165) is 18.7 Å². The molecule has 1 atom stereocenters. The molecule has 0 N–H and O–H groups in total. The van der Waals surface area contributed by atoms with Gasteiger partial charge in [0.2, 0.25) is 0 Å². The van der Waals surface area contributed by atoms with Crippen LogP contribution in [0.1, 0.15) is 25.5 Å². The van der Waals surface area contributed by atoms with Crippen molar-refractivity contribution in [2.45, 2.75) is 26.0 Å². The number of nitro groups is 1. The molecule has 0 bridgehead atoms. The minimum atomic E-state index is -0.383. The van der Waals surface area contributed by atoms with Crippen molar-refractivity contribution in [1.82, 2.24) is 4.90 Å². The van der Waals surface area contributed by atoms with Gasteiger partial charge in [0, 0.05) is 31.3 Å². The van der Waals surface area contributed by atoms with Crippen LogP contribution in [0.2, 0.25) is 0 Å². The maximum atomic E-state index is 10.6. The molecule has 98 valence electrons. The van der Waals surface area contributed by atoms with Crippen molar-refractivity contribution in [3.8, 4) is 0 Å². The predicted molar refractivity (Wildman–Crippen MR) is 68.5 cm³/mol. The summed E-state index contributed by atoms with van der Waals surface area (Å²) in [5.74, 6) is 0. The second kappa shape index (κ2) is 5.46. The minimum absolute atomic E-state index is 0.0157. The summed E-state index contributed by atoms with van der Waals surface area (Å²) in [6, 6.07) is 7.13. The van der Waals surface area contributed by atoms with Crippen LogP contribution in [0.25, 0.3) is 0 Å². The number of ether oxygens (including phenoxy) is 1. The van der Waals surface area contributed by atoms with Crippen LogP contribution in [-0.4, -0.2) is 35.6 Å². The van der Waals surface area contributed by atoms with Crippen molar-refractivity contribution < 1.29 is 9.66 Å². The minimum Gasteiger partial charge on any atom is -0.371 e. The van der Waals surface area contributed by atoms with E-state index >= 15 is 0 Å². The highest BCUT2D eigenvalue weighted by Crippen LogP contribution is 2.25. The van der Waals surface area contributed by atoms with Crippen molar-refractivity contribution in [3.05, 3.63) is 39.9 Å². The van der Waals surface area contributed by atoms with Gasteiger partial charge in [0.15, 0.2) is 0 Å². The zero-order chi connectivity index (χ0) is 13.1. The molecule has 5 heteroatoms. The van der Waals surface area contributed by atoms with E-state index in [2.05, 4.69) is 18.7 Å². The van der Waals surface area contributed by atoms with Crippen molar-refractivity contribution in [1.29, 1.82) is 0 Å². The van der Waals surface area contributed by atoms with Crippen molar-refractivity contribution in [2.24, 2.45) is 0 Å². The molecular formula is C13H18N2O3. The van der Waals surface area contributed by atoms with Gasteiger partial charge in [-0.3, -0.25) is 15.0 Å². The van der Waals surface area contributed by atoms with Gasteiger partial charge in [0.25, 0.3) is 5.69 Å². The van der Waals surface area contributed by atoms with Gasteiger partial charge in [0.1, 0.15) is 0 Å². The van der Waals surface area contributed by atoms with Crippen LogP contribution >= 0.6 is 0 Å². The van der Waals surface area contributed by atoms with Crippen LogP contribution in [0.5, 0.6) is 0 Å². The number of benzene rings is 1. The molecule has 2 rings (SSSR count). The van der Waals surface area contributed by atoms with E-state index in [1.54, 1.807) is 12.1 Å². The van der Waals surface area contributed by atoms with Gasteiger partial charge < -0.3 is 4.74 Å². The van der Waals surface area contributed by atoms with E-state index in [0.29, 0.717) is 12.6 Å². The normalized spacial score (nSPS) is 21.2. The molecule has 0 radical (unpaired) electrons. The average molecular weight is 250 g/mol. The Hall–Kier alpha value is -1.46. The lowest BCUT2D eigenvalue weighted by atomic mass is 10.1. The maximum absolute atomic E-state index is 10.6. The molecule has 5 nitrogen and oxygen atoms in total. The number of nitrogens with zero attached hydrogens (tertiary/aromatic N) is 2. The first kappa shape index (κ1) is 13.0. The third-order valence-electron chi connectivity index (χ3n) is 3.30. The molecule has 1 aromatic carbocycles. The third kappa shape index (κ3) is 2.86. The molecule has 0 aromatic heterocycles. The number of hydrogen-bond acceptors (Lipinski definition) is 4. The zero-order valence-electron chi connectivity index (χ0n) is 10.7. The Morgan fingerprint density at radius 2 is 2.06 bits per heavy atom. The molecule has 0 spiro atoms. The summed E-state index contributed by atoms with van der Waals surface area (Å²) < 4.78 is 5.73. The summed E-state index contributed by atoms with van der Waals surface area (Å²) >= 11 is 0. The summed E-state index contributed by atoms with van der Waals surface area (Å²) in [6.07, 6.45) is 0.0157. The molecule has 18 heavy (non-hydrogen) atoms. The molecule has 1 fully saturated rings. The molecule has 1 aliphatic heterocycles. The quantitative estimate of drug-likeness (QED) is 0.610. The Balaban J connectivity index is 2.09. The maximum Gasteiger partial charge on any atom is 0.269 e. The van der Waals surface area contributed by atoms with Gasteiger partial charge >= 0.3 is 0 Å². The van der Waals surface area contributed by atoms with E-state index in [9.17, 15) is 10.1 Å². The summed E-state index contributed by atoms with van der Waals surface area (Å²) in [5, 5.41) is 10.6. The fourth-order valence-electron chi connectivity index (χ4n) is 2.15. The predicted octanol–water partition coefficient (Wildman–Crippen LogP) is 2.38. The average Bonchev–Trinajstić information content (AvgIpc) is 2.39. The Labute approximate surface area is 107 Å². The topological polar surface area (TPSA) is 55.6 Å². The largest absolute Gasteiger partial charge is 0.371 e. The summed E-state index contributed by atoms with van der Waals surface area (Å²) in [6.45, 7) is 6.83. The first-order chi connectivity index (χ1) is 8.58. The summed E-state index contributed by atoms with van der Waals surface area (Å²) in [5.41, 5.74) is 1.13. The van der Waals surface area contributed by atoms with Crippen molar-refractivity contribution in [3.63, 3.8) is 0 Å². The standard InChI is InChI=1S/C13H18N2O3/c1-10(2)14-7-8-18-13(9-14)11-3-5-12(6-4-11)15(16)17/h3-6,10,13H,7-9H2,1-2H3/t13-/m1/s1. The van der Waals surface area contributed by atoms with E-state index in [1.165, 1.54) is 12.1 Å². The second-order valence-electron chi connectivity index (χ2n) is 4.80. The van der Waals surface area contributed by atoms with Gasteiger partial charge in [-0.05, 0) is 31.5 Å². The van der Waals surface area contributed by atoms with Gasteiger partial charge in [0.05, 0.1) is 17.6 Å². The third-order valence-corrected chi connectivity index (χ3v) is 3.30. The number of rotatable bonds is 3. The van der Waals surface area contributed by atoms with Crippen LogP contribution in [-0.2, 0) is 4.74 Å². The molecule has 0 saturated carbocycles. The lowest BCUT2D eigenvalue weighted by molar-refractivity contribution is -0.384.